The Kier molecular flexibility index (Phi) is 6.01. The van der Waals surface area contributed by atoms with Crippen LogP contribution in [0.4, 0.5) is 5.69 Å². The second kappa shape index (κ2) is 9.43. The molecule has 34 heavy (non-hydrogen) atoms. The molecule has 1 aliphatic carbocycles. The maximum Gasteiger partial charge on any atom is 0.0366 e. The molecule has 1 N–H and O–H groups in total. The number of nitrogens with one attached hydrogen (secondary N) is 1. The van der Waals surface area contributed by atoms with E-state index in [2.05, 4.69) is 89.1 Å². The molecule has 2 heterocycles. The second-order valence-electron chi connectivity index (χ2n) is 10.6. The first-order valence-corrected chi connectivity index (χ1v) is 13.2. The van der Waals surface area contributed by atoms with Crippen molar-refractivity contribution < 1.29 is 0 Å². The van der Waals surface area contributed by atoms with E-state index in [1.807, 2.05) is 0 Å². The van der Waals surface area contributed by atoms with Crippen LogP contribution in [0.3, 0.4) is 0 Å². The molecule has 2 saturated heterocycles. The zero-order valence-electron chi connectivity index (χ0n) is 20.2. The molecule has 1 unspecified atom stereocenters. The van der Waals surface area contributed by atoms with Crippen LogP contribution in [-0.4, -0.2) is 26.2 Å². The van der Waals surface area contributed by atoms with Crippen molar-refractivity contribution in [3.05, 3.63) is 101 Å². The van der Waals surface area contributed by atoms with Gasteiger partial charge in [0, 0.05) is 30.7 Å². The Morgan fingerprint density at radius 1 is 0.706 bits per heavy atom. The molecule has 2 heteroatoms. The molecule has 2 nitrogen and oxygen atoms in total. The summed E-state index contributed by atoms with van der Waals surface area (Å²) in [6, 6.07) is 29.6. The highest BCUT2D eigenvalue weighted by Gasteiger charge is 2.36. The molecular weight excluding hydrogens is 412 g/mol. The van der Waals surface area contributed by atoms with Gasteiger partial charge in [-0.25, -0.2) is 0 Å². The molecule has 1 atom stereocenters. The smallest absolute Gasteiger partial charge is 0.0366 e. The Morgan fingerprint density at radius 3 is 2.32 bits per heavy atom. The summed E-state index contributed by atoms with van der Waals surface area (Å²) in [5, 5.41) is 3.67. The van der Waals surface area contributed by atoms with Crippen molar-refractivity contribution in [1.82, 2.24) is 5.32 Å². The van der Waals surface area contributed by atoms with E-state index < -0.39 is 0 Å². The lowest BCUT2D eigenvalue weighted by atomic mass is 9.74. The predicted molar refractivity (Wildman–Crippen MR) is 144 cm³/mol. The lowest BCUT2D eigenvalue weighted by Crippen LogP contribution is -2.51. The lowest BCUT2D eigenvalue weighted by molar-refractivity contribution is 0.173. The van der Waals surface area contributed by atoms with Gasteiger partial charge in [-0.1, -0.05) is 66.7 Å². The summed E-state index contributed by atoms with van der Waals surface area (Å²) >= 11 is 0. The summed E-state index contributed by atoms with van der Waals surface area (Å²) in [6.45, 7) is 4.75. The number of fused-ring (bicyclic) bond motifs is 1. The van der Waals surface area contributed by atoms with Crippen LogP contribution >= 0.6 is 0 Å². The molecule has 3 aromatic carbocycles. The molecule has 174 valence electrons. The van der Waals surface area contributed by atoms with E-state index in [0.29, 0.717) is 5.41 Å². The minimum absolute atomic E-state index is 0.471. The normalized spacial score (nSPS) is 23.0. The molecule has 3 aromatic rings. The molecule has 3 aliphatic rings. The number of allylic oxidation sites excluding steroid dienone is 1. The highest BCUT2D eigenvalue weighted by Crippen LogP contribution is 2.41. The van der Waals surface area contributed by atoms with E-state index >= 15 is 0 Å². The Bertz CT molecular complexity index is 1150. The van der Waals surface area contributed by atoms with Crippen LogP contribution in [0.5, 0.6) is 0 Å². The number of rotatable bonds is 3. The van der Waals surface area contributed by atoms with Crippen molar-refractivity contribution in [2.45, 2.75) is 44.9 Å². The largest absolute Gasteiger partial charge is 0.371 e. The second-order valence-corrected chi connectivity index (χ2v) is 10.6. The van der Waals surface area contributed by atoms with Gasteiger partial charge in [0.1, 0.15) is 0 Å². The van der Waals surface area contributed by atoms with E-state index in [0.717, 1.165) is 12.8 Å². The zero-order chi connectivity index (χ0) is 22.8. The average Bonchev–Trinajstić information content (AvgIpc) is 3.10. The number of benzene rings is 3. The first kappa shape index (κ1) is 21.7. The maximum atomic E-state index is 3.67. The number of hydrogen-bond donors (Lipinski definition) is 1. The van der Waals surface area contributed by atoms with E-state index in [1.54, 1.807) is 0 Å². The first-order valence-electron chi connectivity index (χ1n) is 13.2. The zero-order valence-corrected chi connectivity index (χ0v) is 20.2. The minimum atomic E-state index is 0.471. The standard InChI is InChI=1S/C32H36N2/c1-2-9-25(10-3-1)30-14-6-12-26-11-4-5-13-29(26)31(30)27-15-17-28(18-16-27)34-22-8-20-32(24-34)19-7-21-33-23-32/h1-5,9-11,13,15-18,33H,6-8,12,14,19-24H2. The van der Waals surface area contributed by atoms with E-state index in [9.17, 15) is 0 Å². The number of piperidine rings is 2. The van der Waals surface area contributed by atoms with Crippen molar-refractivity contribution >= 4 is 16.8 Å². The molecule has 2 fully saturated rings. The summed E-state index contributed by atoms with van der Waals surface area (Å²) < 4.78 is 0. The van der Waals surface area contributed by atoms with Gasteiger partial charge in [0.25, 0.3) is 0 Å². The molecule has 2 aliphatic heterocycles. The fraction of sp³-hybridized carbons (Fsp3) is 0.375. The monoisotopic (exact) mass is 448 g/mol. The summed E-state index contributed by atoms with van der Waals surface area (Å²) in [7, 11) is 0. The SMILES string of the molecule is c1ccc(C2=C(c3ccc(N4CCCC5(CCCNC5)C4)cc3)c3ccccc3CCC2)cc1. The summed E-state index contributed by atoms with van der Waals surface area (Å²) in [6.07, 6.45) is 8.85. The van der Waals surface area contributed by atoms with Crippen molar-refractivity contribution in [2.75, 3.05) is 31.1 Å². The highest BCUT2D eigenvalue weighted by molar-refractivity contribution is 6.00. The quantitative estimate of drug-likeness (QED) is 0.466. The van der Waals surface area contributed by atoms with Crippen LogP contribution in [0.1, 0.15) is 60.8 Å². The molecule has 0 radical (unpaired) electrons. The van der Waals surface area contributed by atoms with Gasteiger partial charge in [-0.15, -0.1) is 0 Å². The van der Waals surface area contributed by atoms with Gasteiger partial charge in [-0.05, 0) is 97.0 Å². The first-order chi connectivity index (χ1) is 16.8. The number of aryl methyl sites for hydroxylation is 1. The number of nitrogens with zero attached hydrogens (tertiary/aromatic N) is 1. The number of hydrogen-bond acceptors (Lipinski definition) is 2. The van der Waals surface area contributed by atoms with Crippen LogP contribution in [0, 0.1) is 5.41 Å². The highest BCUT2D eigenvalue weighted by atomic mass is 15.2. The van der Waals surface area contributed by atoms with Crippen LogP contribution in [-0.2, 0) is 6.42 Å². The Morgan fingerprint density at radius 2 is 1.50 bits per heavy atom. The van der Waals surface area contributed by atoms with E-state index in [4.69, 9.17) is 0 Å². The summed E-state index contributed by atoms with van der Waals surface area (Å²) in [5.74, 6) is 0. The van der Waals surface area contributed by atoms with Crippen LogP contribution in [0.2, 0.25) is 0 Å². The van der Waals surface area contributed by atoms with Gasteiger partial charge in [-0.3, -0.25) is 0 Å². The van der Waals surface area contributed by atoms with Crippen LogP contribution in [0.15, 0.2) is 78.9 Å². The molecule has 0 bridgehead atoms. The third-order valence-corrected chi connectivity index (χ3v) is 8.33. The molecule has 0 aromatic heterocycles. The third-order valence-electron chi connectivity index (χ3n) is 8.33. The maximum absolute atomic E-state index is 3.67. The van der Waals surface area contributed by atoms with Crippen molar-refractivity contribution in [1.29, 1.82) is 0 Å². The minimum Gasteiger partial charge on any atom is -0.371 e. The number of anilines is 1. The lowest BCUT2D eigenvalue weighted by Gasteiger charge is -2.46. The Labute approximate surface area is 204 Å². The van der Waals surface area contributed by atoms with E-state index in [-0.39, 0.29) is 0 Å². The Balaban J connectivity index is 1.37. The average molecular weight is 449 g/mol. The van der Waals surface area contributed by atoms with Gasteiger partial charge in [-0.2, -0.15) is 0 Å². The molecule has 0 saturated carbocycles. The molecule has 0 amide bonds. The van der Waals surface area contributed by atoms with Crippen molar-refractivity contribution in [2.24, 2.45) is 5.41 Å². The molecule has 6 rings (SSSR count). The van der Waals surface area contributed by atoms with E-state index in [1.165, 1.54) is 97.4 Å². The van der Waals surface area contributed by atoms with Crippen molar-refractivity contribution in [3.8, 4) is 0 Å². The van der Waals surface area contributed by atoms with Gasteiger partial charge >= 0.3 is 0 Å². The van der Waals surface area contributed by atoms with Crippen LogP contribution in [0.25, 0.3) is 11.1 Å². The van der Waals surface area contributed by atoms with Gasteiger partial charge < -0.3 is 10.2 Å². The topological polar surface area (TPSA) is 15.3 Å². The van der Waals surface area contributed by atoms with Gasteiger partial charge in [0.15, 0.2) is 0 Å². The van der Waals surface area contributed by atoms with Crippen molar-refractivity contribution in [3.63, 3.8) is 0 Å². The summed E-state index contributed by atoms with van der Waals surface area (Å²) in [4.78, 5) is 2.65. The fourth-order valence-electron chi connectivity index (χ4n) is 6.63. The molecule has 1 spiro atoms. The van der Waals surface area contributed by atoms with Crippen LogP contribution < -0.4 is 10.2 Å². The van der Waals surface area contributed by atoms with Gasteiger partial charge in [0.05, 0.1) is 0 Å². The molecular formula is C32H36N2. The summed E-state index contributed by atoms with van der Waals surface area (Å²) in [5.41, 5.74) is 10.4. The third kappa shape index (κ3) is 4.20. The van der Waals surface area contributed by atoms with Gasteiger partial charge in [0.2, 0.25) is 0 Å². The fourth-order valence-corrected chi connectivity index (χ4v) is 6.63. The Hall–Kier alpha value is -2.84. The predicted octanol–water partition coefficient (Wildman–Crippen LogP) is 6.95.